The van der Waals surface area contributed by atoms with Crippen molar-refractivity contribution in [2.75, 3.05) is 10.7 Å². The maximum Gasteiger partial charge on any atom is 0.318 e. The van der Waals surface area contributed by atoms with E-state index in [2.05, 4.69) is 53.1 Å². The Hall–Kier alpha value is -0.500. The number of halogens is 2. The minimum absolute atomic E-state index is 0.309. The Morgan fingerprint density at radius 1 is 0.857 bits per heavy atom. The number of carbonyl (C=O) groups is 2. The van der Waals surface area contributed by atoms with Crippen LogP contribution in [0, 0.1) is 0 Å². The standard InChI is InChI=1S/C6H8Br2N4O2/c7-1-5-6(2-8,11-3(13)9-5)12-4(14)10-5/h1-2H2,(H2,9,11,13)(H2,10,12,14)/t5-,6+. The van der Waals surface area contributed by atoms with E-state index >= 15 is 0 Å². The van der Waals surface area contributed by atoms with Crippen LogP contribution in [-0.4, -0.2) is 34.0 Å². The van der Waals surface area contributed by atoms with Crippen LogP contribution in [0.4, 0.5) is 9.59 Å². The second-order valence-corrected chi connectivity index (χ2v) is 4.36. The summed E-state index contributed by atoms with van der Waals surface area (Å²) < 4.78 is 0. The zero-order chi connectivity index (χ0) is 10.4. The van der Waals surface area contributed by atoms with E-state index in [4.69, 9.17) is 0 Å². The highest BCUT2D eigenvalue weighted by molar-refractivity contribution is 9.09. The fourth-order valence-corrected chi connectivity index (χ4v) is 3.21. The number of hydrogen-bond donors (Lipinski definition) is 4. The largest absolute Gasteiger partial charge is 0.318 e. The Balaban J connectivity index is 2.42. The average molecular weight is 328 g/mol. The van der Waals surface area contributed by atoms with Crippen molar-refractivity contribution in [2.45, 2.75) is 11.3 Å². The molecule has 4 N–H and O–H groups in total. The summed E-state index contributed by atoms with van der Waals surface area (Å²) in [5, 5.41) is 11.6. The van der Waals surface area contributed by atoms with Gasteiger partial charge < -0.3 is 21.3 Å². The second kappa shape index (κ2) is 2.99. The quantitative estimate of drug-likeness (QED) is 0.530. The van der Waals surface area contributed by atoms with Gasteiger partial charge in [-0.25, -0.2) is 9.59 Å². The van der Waals surface area contributed by atoms with Crippen LogP contribution in [0.5, 0.6) is 0 Å². The lowest BCUT2D eigenvalue weighted by Crippen LogP contribution is -2.68. The number of nitrogens with one attached hydrogen (secondary N) is 4. The topological polar surface area (TPSA) is 82.3 Å². The van der Waals surface area contributed by atoms with Crippen LogP contribution in [0.2, 0.25) is 0 Å². The molecule has 0 bridgehead atoms. The highest BCUT2D eigenvalue weighted by atomic mass is 79.9. The third kappa shape index (κ3) is 1.07. The van der Waals surface area contributed by atoms with Crippen LogP contribution in [0.25, 0.3) is 0 Å². The van der Waals surface area contributed by atoms with Crippen molar-refractivity contribution in [3.63, 3.8) is 0 Å². The molecular formula is C6H8Br2N4O2. The van der Waals surface area contributed by atoms with Gasteiger partial charge in [0.1, 0.15) is 0 Å². The van der Waals surface area contributed by atoms with Crippen molar-refractivity contribution in [3.8, 4) is 0 Å². The summed E-state index contributed by atoms with van der Waals surface area (Å²) in [5.41, 5.74) is -1.63. The van der Waals surface area contributed by atoms with Crippen molar-refractivity contribution in [2.24, 2.45) is 0 Å². The van der Waals surface area contributed by atoms with E-state index in [1.807, 2.05) is 0 Å². The number of fused-ring (bicyclic) bond motifs is 1. The summed E-state index contributed by atoms with van der Waals surface area (Å²) in [6, 6.07) is -0.618. The molecule has 14 heavy (non-hydrogen) atoms. The van der Waals surface area contributed by atoms with E-state index in [-0.39, 0.29) is 12.1 Å². The molecule has 0 aromatic heterocycles. The van der Waals surface area contributed by atoms with Gasteiger partial charge in [0, 0.05) is 10.7 Å². The van der Waals surface area contributed by atoms with E-state index in [1.54, 1.807) is 0 Å². The molecule has 2 aliphatic heterocycles. The van der Waals surface area contributed by atoms with Crippen LogP contribution >= 0.6 is 31.9 Å². The molecule has 0 spiro atoms. The molecule has 78 valence electrons. The zero-order valence-electron chi connectivity index (χ0n) is 6.99. The van der Waals surface area contributed by atoms with E-state index in [0.717, 1.165) is 0 Å². The maximum absolute atomic E-state index is 11.2. The van der Waals surface area contributed by atoms with Crippen LogP contribution in [-0.2, 0) is 0 Å². The van der Waals surface area contributed by atoms with Crippen LogP contribution in [0.15, 0.2) is 0 Å². The van der Waals surface area contributed by atoms with Crippen molar-refractivity contribution >= 4 is 43.9 Å². The number of amides is 4. The molecular weight excluding hydrogens is 320 g/mol. The van der Waals surface area contributed by atoms with Crippen molar-refractivity contribution in [1.29, 1.82) is 0 Å². The van der Waals surface area contributed by atoms with Crippen LogP contribution < -0.4 is 21.3 Å². The molecule has 6 nitrogen and oxygen atoms in total. The molecule has 2 heterocycles. The van der Waals surface area contributed by atoms with Gasteiger partial charge in [-0.2, -0.15) is 0 Å². The summed E-state index contributed by atoms with van der Waals surface area (Å²) in [5.74, 6) is 0. The SMILES string of the molecule is O=C1N[C@]2(CBr)NC(=O)N[C@]2(CBr)N1. The smallest absolute Gasteiger partial charge is 0.311 e. The van der Waals surface area contributed by atoms with Gasteiger partial charge in [0.25, 0.3) is 0 Å². The number of carbonyl (C=O) groups excluding carboxylic acids is 2. The third-order valence-corrected chi connectivity index (χ3v) is 4.12. The first kappa shape index (κ1) is 10.0. The summed E-state index contributed by atoms with van der Waals surface area (Å²) in [4.78, 5) is 22.5. The molecule has 2 fully saturated rings. The summed E-state index contributed by atoms with van der Waals surface area (Å²) in [6.07, 6.45) is 0. The number of hydrogen-bond acceptors (Lipinski definition) is 2. The Bertz CT molecular complexity index is 262. The van der Waals surface area contributed by atoms with Gasteiger partial charge in [0.2, 0.25) is 0 Å². The highest BCUT2D eigenvalue weighted by Crippen LogP contribution is 2.30. The first-order valence-electron chi connectivity index (χ1n) is 3.90. The van der Waals surface area contributed by atoms with E-state index in [1.165, 1.54) is 0 Å². The third-order valence-electron chi connectivity index (χ3n) is 2.44. The molecule has 0 radical (unpaired) electrons. The molecule has 0 aromatic rings. The predicted octanol–water partition coefficient (Wildman–Crippen LogP) is -0.206. The fourth-order valence-electron chi connectivity index (χ4n) is 1.69. The van der Waals surface area contributed by atoms with Crippen LogP contribution in [0.1, 0.15) is 0 Å². The number of urea groups is 2. The van der Waals surface area contributed by atoms with E-state index in [0.29, 0.717) is 10.7 Å². The van der Waals surface area contributed by atoms with Crippen molar-refractivity contribution in [3.05, 3.63) is 0 Å². The molecule has 0 unspecified atom stereocenters. The molecule has 8 heteroatoms. The highest BCUT2D eigenvalue weighted by Gasteiger charge is 2.63. The van der Waals surface area contributed by atoms with Gasteiger partial charge in [0.05, 0.1) is 0 Å². The Morgan fingerprint density at radius 2 is 1.14 bits per heavy atom. The fraction of sp³-hybridized carbons (Fsp3) is 0.667. The Morgan fingerprint density at radius 3 is 1.36 bits per heavy atom. The minimum Gasteiger partial charge on any atom is -0.311 e. The predicted molar refractivity (Wildman–Crippen MR) is 56.4 cm³/mol. The molecule has 2 saturated heterocycles. The first-order chi connectivity index (χ1) is 6.57. The second-order valence-electron chi connectivity index (χ2n) is 3.24. The molecule has 0 aliphatic carbocycles. The zero-order valence-corrected chi connectivity index (χ0v) is 10.2. The van der Waals surface area contributed by atoms with Crippen LogP contribution in [0.3, 0.4) is 0 Å². The monoisotopic (exact) mass is 326 g/mol. The minimum atomic E-state index is -0.815. The lowest BCUT2D eigenvalue weighted by molar-refractivity contribution is 0.235. The van der Waals surface area contributed by atoms with Gasteiger partial charge >= 0.3 is 12.1 Å². The Labute approximate surface area is 96.8 Å². The van der Waals surface area contributed by atoms with Crippen molar-refractivity contribution in [1.82, 2.24) is 21.3 Å². The lowest BCUT2D eigenvalue weighted by atomic mass is 10.0. The lowest BCUT2D eigenvalue weighted by Gasteiger charge is -2.33. The van der Waals surface area contributed by atoms with Gasteiger partial charge in [-0.05, 0) is 0 Å². The Kier molecular flexibility index (Phi) is 2.15. The van der Waals surface area contributed by atoms with Gasteiger partial charge in [0.15, 0.2) is 11.3 Å². The van der Waals surface area contributed by atoms with E-state index < -0.39 is 11.3 Å². The van der Waals surface area contributed by atoms with Crippen molar-refractivity contribution < 1.29 is 9.59 Å². The molecule has 2 aliphatic rings. The molecule has 0 aromatic carbocycles. The normalized spacial score (nSPS) is 39.6. The van der Waals surface area contributed by atoms with Gasteiger partial charge in [-0.1, -0.05) is 31.9 Å². The summed E-state index contributed by atoms with van der Waals surface area (Å²) in [6.45, 7) is 0. The molecule has 2 rings (SSSR count). The maximum atomic E-state index is 11.2. The van der Waals surface area contributed by atoms with Gasteiger partial charge in [-0.3, -0.25) is 0 Å². The molecule has 4 amide bonds. The number of rotatable bonds is 2. The van der Waals surface area contributed by atoms with Gasteiger partial charge in [-0.15, -0.1) is 0 Å². The molecule has 0 saturated carbocycles. The summed E-state index contributed by atoms with van der Waals surface area (Å²) in [7, 11) is 0. The number of alkyl halides is 2. The van der Waals surface area contributed by atoms with E-state index in [9.17, 15) is 9.59 Å². The first-order valence-corrected chi connectivity index (χ1v) is 6.14. The molecule has 0 atom stereocenters. The average Bonchev–Trinajstić information content (AvgIpc) is 2.52. The summed E-state index contributed by atoms with van der Waals surface area (Å²) >= 11 is 6.55.